The Balaban J connectivity index is 1.64. The van der Waals surface area contributed by atoms with Crippen LogP contribution in [0.1, 0.15) is 39.0 Å². The highest BCUT2D eigenvalue weighted by Gasteiger charge is 2.43. The lowest BCUT2D eigenvalue weighted by Crippen LogP contribution is -2.29. The van der Waals surface area contributed by atoms with Crippen molar-refractivity contribution in [3.05, 3.63) is 99.3 Å². The third-order valence-corrected chi connectivity index (χ3v) is 5.60. The van der Waals surface area contributed by atoms with Crippen LogP contribution < -0.4 is 15.9 Å². The fourth-order valence-electron chi connectivity index (χ4n) is 4.12. The molecule has 5 rings (SSSR count). The predicted octanol–water partition coefficient (Wildman–Crippen LogP) is 3.30. The Labute approximate surface area is 188 Å². The van der Waals surface area contributed by atoms with Crippen molar-refractivity contribution in [3.63, 3.8) is 0 Å². The van der Waals surface area contributed by atoms with Gasteiger partial charge in [0, 0.05) is 0 Å². The van der Waals surface area contributed by atoms with E-state index in [9.17, 15) is 14.4 Å². The van der Waals surface area contributed by atoms with Crippen molar-refractivity contribution >= 4 is 22.8 Å². The summed E-state index contributed by atoms with van der Waals surface area (Å²) in [7, 11) is 0. The van der Waals surface area contributed by atoms with E-state index in [0.717, 1.165) is 5.56 Å². The van der Waals surface area contributed by atoms with Crippen LogP contribution >= 0.6 is 0 Å². The minimum Gasteiger partial charge on any atom is -0.484 e. The zero-order chi connectivity index (χ0) is 23.1. The molecule has 0 saturated heterocycles. The number of carbonyl (C=O) groups is 2. The number of carbonyl (C=O) groups excluding carboxylic acids is 2. The summed E-state index contributed by atoms with van der Waals surface area (Å²) in [4.78, 5) is 39.5. The second-order valence-electron chi connectivity index (χ2n) is 7.91. The Bertz CT molecular complexity index is 1420. The fraction of sp³-hybridized carbons (Fsp3) is 0.160. The number of ether oxygens (including phenoxy) is 1. The van der Waals surface area contributed by atoms with Gasteiger partial charge in [-0.15, -0.1) is 0 Å². The molecule has 1 atom stereocenters. The maximum Gasteiger partial charge on any atom is 0.291 e. The van der Waals surface area contributed by atoms with Crippen LogP contribution in [0.5, 0.6) is 5.75 Å². The van der Waals surface area contributed by atoms with E-state index in [1.165, 1.54) is 6.26 Å². The standard InChI is InChI=1S/C25H20N2O6/c1-14-4-9-19-18(11-14)23(29)21-22(15-5-7-16(8-6-15)32-13-20(26)28)27(25(30)24(21)33-19)12-17-3-2-10-31-17/h2-11,22H,12-13H2,1H3,(H2,26,28)/t22-/m0/s1. The van der Waals surface area contributed by atoms with Crippen LogP contribution in [0.2, 0.25) is 0 Å². The van der Waals surface area contributed by atoms with E-state index in [2.05, 4.69) is 0 Å². The monoisotopic (exact) mass is 444 g/mol. The second kappa shape index (κ2) is 7.98. The number of fused-ring (bicyclic) bond motifs is 2. The van der Waals surface area contributed by atoms with Crippen molar-refractivity contribution in [3.8, 4) is 5.75 Å². The number of rotatable bonds is 6. The smallest absolute Gasteiger partial charge is 0.291 e. The summed E-state index contributed by atoms with van der Waals surface area (Å²) in [5, 5.41) is 0.424. The SMILES string of the molecule is Cc1ccc2oc3c(c(=O)c2c1)[C@H](c1ccc(OCC(N)=O)cc1)N(Cc1ccco1)C3=O. The summed E-state index contributed by atoms with van der Waals surface area (Å²) in [5.74, 6) is 0.0806. The van der Waals surface area contributed by atoms with Gasteiger partial charge in [-0.1, -0.05) is 23.8 Å². The second-order valence-corrected chi connectivity index (χ2v) is 7.91. The number of hydrogen-bond acceptors (Lipinski definition) is 6. The van der Waals surface area contributed by atoms with Gasteiger partial charge in [-0.05, 0) is 48.9 Å². The molecule has 2 aromatic heterocycles. The lowest BCUT2D eigenvalue weighted by Gasteiger charge is -2.24. The molecule has 0 unspecified atom stereocenters. The Hall–Kier alpha value is -4.33. The van der Waals surface area contributed by atoms with Crippen molar-refractivity contribution in [2.24, 2.45) is 5.73 Å². The first kappa shape index (κ1) is 20.6. The molecular formula is C25H20N2O6. The van der Waals surface area contributed by atoms with E-state index in [4.69, 9.17) is 19.3 Å². The largest absolute Gasteiger partial charge is 0.484 e. The Morgan fingerprint density at radius 1 is 1.12 bits per heavy atom. The molecule has 33 heavy (non-hydrogen) atoms. The molecule has 3 heterocycles. The zero-order valence-electron chi connectivity index (χ0n) is 17.7. The van der Waals surface area contributed by atoms with Crippen molar-refractivity contribution in [2.75, 3.05) is 6.61 Å². The summed E-state index contributed by atoms with van der Waals surface area (Å²) >= 11 is 0. The van der Waals surface area contributed by atoms with Crippen LogP contribution in [0.3, 0.4) is 0 Å². The number of nitrogens with two attached hydrogens (primary N) is 1. The minimum absolute atomic E-state index is 0.0296. The van der Waals surface area contributed by atoms with E-state index < -0.39 is 11.9 Å². The quantitative estimate of drug-likeness (QED) is 0.488. The summed E-state index contributed by atoms with van der Waals surface area (Å²) < 4.78 is 16.7. The Morgan fingerprint density at radius 3 is 2.61 bits per heavy atom. The molecule has 0 saturated carbocycles. The van der Waals surface area contributed by atoms with E-state index in [1.807, 2.05) is 13.0 Å². The van der Waals surface area contributed by atoms with Crippen LogP contribution in [0, 0.1) is 6.92 Å². The number of hydrogen-bond donors (Lipinski definition) is 1. The summed E-state index contributed by atoms with van der Waals surface area (Å²) in [6, 6.07) is 15.0. The molecule has 8 nitrogen and oxygen atoms in total. The molecule has 2 amide bonds. The molecule has 1 aliphatic heterocycles. The van der Waals surface area contributed by atoms with Gasteiger partial charge in [0.2, 0.25) is 5.76 Å². The molecular weight excluding hydrogens is 424 g/mol. The summed E-state index contributed by atoms with van der Waals surface area (Å²) in [6.45, 7) is 1.81. The highest BCUT2D eigenvalue weighted by Crippen LogP contribution is 2.39. The highest BCUT2D eigenvalue weighted by molar-refractivity contribution is 5.99. The van der Waals surface area contributed by atoms with Gasteiger partial charge >= 0.3 is 0 Å². The molecule has 8 heteroatoms. The van der Waals surface area contributed by atoms with Gasteiger partial charge in [-0.2, -0.15) is 0 Å². The normalized spacial score (nSPS) is 15.1. The van der Waals surface area contributed by atoms with Crippen LogP contribution in [0.4, 0.5) is 0 Å². The molecule has 166 valence electrons. The topological polar surface area (TPSA) is 116 Å². The first-order valence-electron chi connectivity index (χ1n) is 10.3. The molecule has 4 aromatic rings. The van der Waals surface area contributed by atoms with Crippen molar-refractivity contribution in [1.82, 2.24) is 4.90 Å². The van der Waals surface area contributed by atoms with Crippen LogP contribution in [0.25, 0.3) is 11.0 Å². The van der Waals surface area contributed by atoms with Crippen molar-refractivity contribution < 1.29 is 23.2 Å². The van der Waals surface area contributed by atoms with Gasteiger partial charge in [0.25, 0.3) is 11.8 Å². The number of furan rings is 1. The van der Waals surface area contributed by atoms with E-state index in [0.29, 0.717) is 28.0 Å². The first-order valence-corrected chi connectivity index (χ1v) is 10.3. The third-order valence-electron chi connectivity index (χ3n) is 5.60. The Morgan fingerprint density at radius 2 is 1.91 bits per heavy atom. The first-order chi connectivity index (χ1) is 15.9. The van der Waals surface area contributed by atoms with E-state index in [-0.39, 0.29) is 35.8 Å². The molecule has 1 aliphatic rings. The maximum atomic E-state index is 13.6. The molecule has 0 radical (unpaired) electrons. The lowest BCUT2D eigenvalue weighted by atomic mass is 9.98. The predicted molar refractivity (Wildman–Crippen MR) is 119 cm³/mol. The van der Waals surface area contributed by atoms with Gasteiger partial charge in [0.1, 0.15) is 17.1 Å². The molecule has 2 aromatic carbocycles. The maximum absolute atomic E-state index is 13.6. The molecule has 0 bridgehead atoms. The van der Waals surface area contributed by atoms with Gasteiger partial charge in [0.05, 0.1) is 29.8 Å². The molecule has 0 spiro atoms. The average molecular weight is 444 g/mol. The summed E-state index contributed by atoms with van der Waals surface area (Å²) in [6.07, 6.45) is 1.53. The van der Waals surface area contributed by atoms with Crippen LogP contribution in [-0.2, 0) is 11.3 Å². The number of nitrogens with zero attached hydrogens (tertiary/aromatic N) is 1. The van der Waals surface area contributed by atoms with E-state index >= 15 is 0 Å². The lowest BCUT2D eigenvalue weighted by molar-refractivity contribution is -0.119. The zero-order valence-corrected chi connectivity index (χ0v) is 17.7. The number of benzene rings is 2. The van der Waals surface area contributed by atoms with E-state index in [1.54, 1.807) is 53.4 Å². The van der Waals surface area contributed by atoms with Crippen molar-refractivity contribution in [2.45, 2.75) is 19.5 Å². The van der Waals surface area contributed by atoms with Gasteiger partial charge in [-0.25, -0.2) is 0 Å². The van der Waals surface area contributed by atoms with Crippen LogP contribution in [-0.4, -0.2) is 23.3 Å². The van der Waals surface area contributed by atoms with Gasteiger partial charge in [-0.3, -0.25) is 14.4 Å². The molecule has 0 fully saturated rings. The number of amides is 2. The Kier molecular flexibility index (Phi) is 4.97. The van der Waals surface area contributed by atoms with Crippen LogP contribution in [0.15, 0.2) is 74.5 Å². The minimum atomic E-state index is -0.677. The van der Waals surface area contributed by atoms with Gasteiger partial charge in [0.15, 0.2) is 12.0 Å². The summed E-state index contributed by atoms with van der Waals surface area (Å²) in [5.41, 5.74) is 7.15. The van der Waals surface area contributed by atoms with Crippen molar-refractivity contribution in [1.29, 1.82) is 0 Å². The molecule has 0 aliphatic carbocycles. The number of primary amides is 1. The highest BCUT2D eigenvalue weighted by atomic mass is 16.5. The third kappa shape index (κ3) is 3.65. The molecule has 2 N–H and O–H groups in total. The number of aryl methyl sites for hydroxylation is 1. The fourth-order valence-corrected chi connectivity index (χ4v) is 4.12. The average Bonchev–Trinajstić information content (AvgIpc) is 3.41. The van der Waals surface area contributed by atoms with Gasteiger partial charge < -0.3 is 24.2 Å².